The van der Waals surface area contributed by atoms with Crippen molar-refractivity contribution in [3.8, 4) is 0 Å². The van der Waals surface area contributed by atoms with Gasteiger partial charge in [0.05, 0.1) is 0 Å². The van der Waals surface area contributed by atoms with Crippen LogP contribution in [0.2, 0.25) is 0 Å². The van der Waals surface area contributed by atoms with Crippen LogP contribution in [-0.2, 0) is 0 Å². The molecule has 0 rings (SSSR count). The van der Waals surface area contributed by atoms with E-state index in [0.717, 1.165) is 0 Å². The van der Waals surface area contributed by atoms with Gasteiger partial charge in [-0.15, -0.1) is 0 Å². The Bertz CT molecular complexity index is 96.2. The number of nitrogens with one attached hydrogen (secondary N) is 1. The molecule has 2 heteroatoms. The van der Waals surface area contributed by atoms with Crippen LogP contribution in [0.15, 0.2) is 0 Å². The van der Waals surface area contributed by atoms with E-state index in [0.29, 0.717) is 10.8 Å². The third-order valence-corrected chi connectivity index (χ3v) is 2.88. The van der Waals surface area contributed by atoms with Gasteiger partial charge in [-0.2, -0.15) is 11.8 Å². The monoisotopic (exact) mass is 175 g/mol. The summed E-state index contributed by atoms with van der Waals surface area (Å²) < 4.78 is 0.424. The molecule has 0 spiro atoms. The van der Waals surface area contributed by atoms with Gasteiger partial charge in [-0.3, -0.25) is 0 Å². The van der Waals surface area contributed by atoms with Crippen molar-refractivity contribution in [2.24, 2.45) is 0 Å². The summed E-state index contributed by atoms with van der Waals surface area (Å²) in [6, 6.07) is 0.657. The second-order valence-electron chi connectivity index (χ2n) is 3.94. The molecular formula is C9H21NS. The lowest BCUT2D eigenvalue weighted by Gasteiger charge is -2.18. The van der Waals surface area contributed by atoms with Crippen molar-refractivity contribution in [1.82, 2.24) is 5.32 Å². The normalized spacial score (nSPS) is 15.0. The molecule has 0 aliphatic rings. The lowest BCUT2D eigenvalue weighted by Crippen LogP contribution is -2.22. The topological polar surface area (TPSA) is 12.0 Å². The van der Waals surface area contributed by atoms with E-state index in [1.807, 2.05) is 18.8 Å². The van der Waals surface area contributed by atoms with E-state index in [1.165, 1.54) is 12.2 Å². The third-order valence-electron chi connectivity index (χ3n) is 1.58. The van der Waals surface area contributed by atoms with Crippen LogP contribution in [0.5, 0.6) is 0 Å². The summed E-state index contributed by atoms with van der Waals surface area (Å²) in [5, 5.41) is 3.24. The van der Waals surface area contributed by atoms with E-state index in [9.17, 15) is 0 Å². The van der Waals surface area contributed by atoms with E-state index < -0.39 is 0 Å². The molecule has 0 heterocycles. The average Bonchev–Trinajstić information content (AvgIpc) is 1.85. The summed E-state index contributed by atoms with van der Waals surface area (Å²) in [6.45, 7) is 9.02. The molecule has 0 saturated heterocycles. The molecule has 0 aromatic heterocycles. The molecule has 0 amide bonds. The highest BCUT2D eigenvalue weighted by Crippen LogP contribution is 2.23. The molecule has 0 aromatic carbocycles. The molecule has 1 unspecified atom stereocenters. The van der Waals surface area contributed by atoms with Crippen LogP contribution in [-0.4, -0.2) is 23.6 Å². The Labute approximate surface area is 75.3 Å². The predicted molar refractivity (Wildman–Crippen MR) is 55.3 cm³/mol. The molecule has 0 aliphatic heterocycles. The Morgan fingerprint density at radius 3 is 2.27 bits per heavy atom. The molecule has 0 aromatic rings. The fourth-order valence-electron chi connectivity index (χ4n) is 0.686. The van der Waals surface area contributed by atoms with Crippen molar-refractivity contribution in [3.63, 3.8) is 0 Å². The van der Waals surface area contributed by atoms with Gasteiger partial charge in [-0.05, 0) is 26.1 Å². The first-order valence-electron chi connectivity index (χ1n) is 4.27. The summed E-state index contributed by atoms with van der Waals surface area (Å²) in [5.74, 6) is 1.26. The number of thioether (sulfide) groups is 1. The predicted octanol–water partition coefficient (Wildman–Crippen LogP) is 2.52. The minimum absolute atomic E-state index is 0.424. The number of rotatable bonds is 4. The number of hydrogen-bond acceptors (Lipinski definition) is 2. The van der Waals surface area contributed by atoms with Crippen molar-refractivity contribution in [1.29, 1.82) is 0 Å². The van der Waals surface area contributed by atoms with Crippen LogP contribution < -0.4 is 5.32 Å². The maximum Gasteiger partial charge on any atom is 0.00751 e. The van der Waals surface area contributed by atoms with E-state index in [4.69, 9.17) is 0 Å². The molecule has 1 atom stereocenters. The lowest BCUT2D eigenvalue weighted by molar-refractivity contribution is 0.596. The Hall–Kier alpha value is 0.310. The average molecular weight is 175 g/mol. The summed E-state index contributed by atoms with van der Waals surface area (Å²) in [6.07, 6.45) is 1.26. The zero-order valence-electron chi connectivity index (χ0n) is 8.40. The zero-order chi connectivity index (χ0) is 8.91. The lowest BCUT2D eigenvalue weighted by atomic mass is 10.2. The van der Waals surface area contributed by atoms with Gasteiger partial charge < -0.3 is 5.32 Å². The molecule has 0 saturated carbocycles. The third kappa shape index (κ3) is 8.21. The molecule has 0 bridgehead atoms. The quantitative estimate of drug-likeness (QED) is 0.704. The van der Waals surface area contributed by atoms with Gasteiger partial charge in [0.25, 0.3) is 0 Å². The Morgan fingerprint density at radius 1 is 1.36 bits per heavy atom. The van der Waals surface area contributed by atoms with Gasteiger partial charge in [-0.25, -0.2) is 0 Å². The summed E-state index contributed by atoms with van der Waals surface area (Å²) in [7, 11) is 2.02. The molecule has 0 fully saturated rings. The molecule has 0 radical (unpaired) electrons. The minimum atomic E-state index is 0.424. The second-order valence-corrected chi connectivity index (χ2v) is 5.86. The van der Waals surface area contributed by atoms with Gasteiger partial charge in [0.2, 0.25) is 0 Å². The highest BCUT2D eigenvalue weighted by Gasteiger charge is 2.10. The van der Waals surface area contributed by atoms with Crippen LogP contribution in [0.3, 0.4) is 0 Å². The van der Waals surface area contributed by atoms with Crippen LogP contribution >= 0.6 is 11.8 Å². The van der Waals surface area contributed by atoms with E-state index >= 15 is 0 Å². The summed E-state index contributed by atoms with van der Waals surface area (Å²) in [5.41, 5.74) is 0. The van der Waals surface area contributed by atoms with E-state index in [-0.39, 0.29) is 0 Å². The van der Waals surface area contributed by atoms with Crippen molar-refractivity contribution in [2.75, 3.05) is 12.8 Å². The highest BCUT2D eigenvalue weighted by atomic mass is 32.2. The summed E-state index contributed by atoms with van der Waals surface area (Å²) in [4.78, 5) is 0. The van der Waals surface area contributed by atoms with Gasteiger partial charge in [0, 0.05) is 10.8 Å². The van der Waals surface area contributed by atoms with Gasteiger partial charge >= 0.3 is 0 Å². The van der Waals surface area contributed by atoms with Gasteiger partial charge in [0.15, 0.2) is 0 Å². The molecular weight excluding hydrogens is 154 g/mol. The Kier molecular flexibility index (Phi) is 5.19. The largest absolute Gasteiger partial charge is 0.317 e. The summed E-state index contributed by atoms with van der Waals surface area (Å²) >= 11 is 2.04. The molecule has 1 N–H and O–H groups in total. The maximum atomic E-state index is 3.24. The van der Waals surface area contributed by atoms with Crippen molar-refractivity contribution >= 4 is 11.8 Å². The molecule has 0 aliphatic carbocycles. The van der Waals surface area contributed by atoms with Gasteiger partial charge in [0.1, 0.15) is 0 Å². The second kappa shape index (κ2) is 5.04. The van der Waals surface area contributed by atoms with Crippen molar-refractivity contribution < 1.29 is 0 Å². The van der Waals surface area contributed by atoms with Crippen LogP contribution in [0, 0.1) is 0 Å². The van der Waals surface area contributed by atoms with Crippen molar-refractivity contribution in [2.45, 2.75) is 44.9 Å². The van der Waals surface area contributed by atoms with E-state index in [1.54, 1.807) is 0 Å². The smallest absolute Gasteiger partial charge is 0.00751 e. The Morgan fingerprint density at radius 2 is 1.91 bits per heavy atom. The molecule has 68 valence electrons. The van der Waals surface area contributed by atoms with Crippen LogP contribution in [0.25, 0.3) is 0 Å². The van der Waals surface area contributed by atoms with E-state index in [2.05, 4.69) is 33.0 Å². The SMILES string of the molecule is CNC(C)CCSC(C)(C)C. The van der Waals surface area contributed by atoms with Gasteiger partial charge in [-0.1, -0.05) is 20.8 Å². The number of hydrogen-bond donors (Lipinski definition) is 1. The Balaban J connectivity index is 3.28. The van der Waals surface area contributed by atoms with Crippen molar-refractivity contribution in [3.05, 3.63) is 0 Å². The standard InChI is InChI=1S/C9H21NS/c1-8(10-5)6-7-11-9(2,3)4/h8,10H,6-7H2,1-5H3. The maximum absolute atomic E-state index is 3.24. The van der Waals surface area contributed by atoms with Crippen LogP contribution in [0.4, 0.5) is 0 Å². The first-order chi connectivity index (χ1) is 4.95. The highest BCUT2D eigenvalue weighted by molar-refractivity contribution is 8.00. The minimum Gasteiger partial charge on any atom is -0.317 e. The fraction of sp³-hybridized carbons (Fsp3) is 1.00. The molecule has 11 heavy (non-hydrogen) atoms. The first-order valence-corrected chi connectivity index (χ1v) is 5.25. The zero-order valence-corrected chi connectivity index (χ0v) is 9.22. The first kappa shape index (κ1) is 11.3. The van der Waals surface area contributed by atoms with Crippen LogP contribution in [0.1, 0.15) is 34.1 Å². The molecule has 1 nitrogen and oxygen atoms in total. The fourth-order valence-corrected chi connectivity index (χ4v) is 1.77.